The highest BCUT2D eigenvalue weighted by Gasteiger charge is 2.30. The van der Waals surface area contributed by atoms with Crippen molar-refractivity contribution in [3.8, 4) is 6.07 Å². The molecule has 5 heteroatoms. The number of carbonyl (C=O) groups is 2. The molecule has 0 N–H and O–H groups in total. The molecular weight excluding hydrogens is 292 g/mol. The highest BCUT2D eigenvalue weighted by Crippen LogP contribution is 2.22. The van der Waals surface area contributed by atoms with Gasteiger partial charge in [-0.2, -0.15) is 5.26 Å². The van der Waals surface area contributed by atoms with Crippen molar-refractivity contribution in [3.05, 3.63) is 35.4 Å². The van der Waals surface area contributed by atoms with Crippen LogP contribution in [0.4, 0.5) is 0 Å². The lowest BCUT2D eigenvalue weighted by Crippen LogP contribution is -2.47. The Kier molecular flexibility index (Phi) is 5.89. The van der Waals surface area contributed by atoms with Crippen molar-refractivity contribution >= 4 is 11.7 Å². The average Bonchev–Trinajstić information content (AvgIpc) is 2.59. The lowest BCUT2D eigenvalue weighted by Gasteiger charge is -2.37. The summed E-state index contributed by atoms with van der Waals surface area (Å²) in [5.41, 5.74) is 1.02. The number of likely N-dealkylation sites (tertiary alicyclic amines) is 1. The summed E-state index contributed by atoms with van der Waals surface area (Å²) in [4.78, 5) is 26.2. The molecule has 1 aliphatic heterocycles. The molecule has 1 saturated heterocycles. The number of Topliss-reactive ketones (excluding diaryl/α,β-unsaturated/α-hetero) is 1. The van der Waals surface area contributed by atoms with Gasteiger partial charge >= 0.3 is 0 Å². The summed E-state index contributed by atoms with van der Waals surface area (Å²) in [5, 5.41) is 20.3. The monoisotopic (exact) mass is 313 g/mol. The molecule has 1 amide bonds. The highest BCUT2D eigenvalue weighted by atomic mass is 16.3. The molecule has 5 nitrogen and oxygen atoms in total. The number of nitriles is 1. The summed E-state index contributed by atoms with van der Waals surface area (Å²) >= 11 is 0. The largest absolute Gasteiger partial charge is 0.340 e. The number of nitrogens with zero attached hydrogens (tertiary/aromatic N) is 2. The predicted molar refractivity (Wildman–Crippen MR) is 84.2 cm³/mol. The van der Waals surface area contributed by atoms with E-state index in [1.54, 1.807) is 29.2 Å². The molecular formula is C18H21N2O3. The van der Waals surface area contributed by atoms with Crippen molar-refractivity contribution in [1.82, 2.24) is 4.90 Å². The van der Waals surface area contributed by atoms with Crippen LogP contribution >= 0.6 is 0 Å². The molecule has 2 unspecified atom stereocenters. The van der Waals surface area contributed by atoms with Gasteiger partial charge in [0.2, 0.25) is 5.91 Å². The Hall–Kier alpha value is -2.19. The molecule has 2 rings (SSSR count). The second-order valence-electron chi connectivity index (χ2n) is 5.91. The van der Waals surface area contributed by atoms with E-state index >= 15 is 0 Å². The molecule has 1 aromatic rings. The Morgan fingerprint density at radius 3 is 2.57 bits per heavy atom. The van der Waals surface area contributed by atoms with Crippen molar-refractivity contribution in [2.75, 3.05) is 6.54 Å². The van der Waals surface area contributed by atoms with E-state index in [0.717, 1.165) is 6.42 Å². The molecule has 1 aromatic carbocycles. The summed E-state index contributed by atoms with van der Waals surface area (Å²) in [6, 6.07) is 8.43. The minimum Gasteiger partial charge on any atom is -0.340 e. The van der Waals surface area contributed by atoms with Crippen LogP contribution in [0.25, 0.3) is 0 Å². The second kappa shape index (κ2) is 7.89. The molecule has 1 heterocycles. The number of hydrogen-bond acceptors (Lipinski definition) is 3. The first-order chi connectivity index (χ1) is 11.0. The minimum atomic E-state index is -0.579. The van der Waals surface area contributed by atoms with E-state index in [-0.39, 0.29) is 30.6 Å². The van der Waals surface area contributed by atoms with Crippen LogP contribution in [0.15, 0.2) is 24.3 Å². The SMILES string of the molecule is CCC1CC([O])CCN1C(=O)CCC(=O)c1ccc(C#N)cc1. The topological polar surface area (TPSA) is 81.1 Å². The van der Waals surface area contributed by atoms with Gasteiger partial charge in [-0.25, -0.2) is 5.11 Å². The normalized spacial score (nSPS) is 20.8. The van der Waals surface area contributed by atoms with Gasteiger partial charge in [0.1, 0.15) is 0 Å². The maximum absolute atomic E-state index is 12.3. The highest BCUT2D eigenvalue weighted by molar-refractivity contribution is 5.98. The molecule has 0 aliphatic carbocycles. The summed E-state index contributed by atoms with van der Waals surface area (Å²) in [6.07, 6.45) is 1.51. The smallest absolute Gasteiger partial charge is 0.223 e. The number of rotatable bonds is 5. The van der Waals surface area contributed by atoms with E-state index in [1.165, 1.54) is 0 Å². The van der Waals surface area contributed by atoms with Gasteiger partial charge in [0, 0.05) is 31.0 Å². The summed E-state index contributed by atoms with van der Waals surface area (Å²) in [6.45, 7) is 2.47. The van der Waals surface area contributed by atoms with E-state index in [9.17, 15) is 14.7 Å². The standard InChI is InChI=1S/C18H21N2O3/c1-2-15-11-16(21)9-10-20(15)18(23)8-7-17(22)14-5-3-13(12-19)4-6-14/h3-6,15-16H,2,7-11H2,1H3. The number of benzene rings is 1. The molecule has 0 spiro atoms. The molecule has 1 aliphatic rings. The molecule has 121 valence electrons. The van der Waals surface area contributed by atoms with E-state index in [1.807, 2.05) is 13.0 Å². The first kappa shape index (κ1) is 17.2. The van der Waals surface area contributed by atoms with Crippen LogP contribution in [0, 0.1) is 11.3 Å². The summed E-state index contributed by atoms with van der Waals surface area (Å²) < 4.78 is 0. The zero-order chi connectivity index (χ0) is 16.8. The van der Waals surface area contributed by atoms with Gasteiger partial charge in [-0.3, -0.25) is 9.59 Å². The lowest BCUT2D eigenvalue weighted by molar-refractivity contribution is -0.137. The van der Waals surface area contributed by atoms with Crippen LogP contribution in [0.3, 0.4) is 0 Å². The molecule has 2 atom stereocenters. The number of ketones is 1. The summed E-state index contributed by atoms with van der Waals surface area (Å²) in [7, 11) is 0. The van der Waals surface area contributed by atoms with E-state index in [4.69, 9.17) is 5.26 Å². The molecule has 1 fully saturated rings. The Bertz CT molecular complexity index is 604. The Balaban J connectivity index is 1.90. The fourth-order valence-electron chi connectivity index (χ4n) is 2.97. The maximum atomic E-state index is 12.3. The zero-order valence-electron chi connectivity index (χ0n) is 13.3. The van der Waals surface area contributed by atoms with E-state index in [0.29, 0.717) is 30.5 Å². The third-order valence-electron chi connectivity index (χ3n) is 4.36. The van der Waals surface area contributed by atoms with Gasteiger partial charge in [0.25, 0.3) is 0 Å². The van der Waals surface area contributed by atoms with E-state index in [2.05, 4.69) is 0 Å². The molecule has 0 bridgehead atoms. The van der Waals surface area contributed by atoms with Crippen molar-refractivity contribution in [3.63, 3.8) is 0 Å². The molecule has 23 heavy (non-hydrogen) atoms. The Labute approximate surface area is 136 Å². The fraction of sp³-hybridized carbons (Fsp3) is 0.500. The van der Waals surface area contributed by atoms with Gasteiger partial charge in [-0.15, -0.1) is 0 Å². The fourth-order valence-corrected chi connectivity index (χ4v) is 2.97. The molecule has 0 aromatic heterocycles. The second-order valence-corrected chi connectivity index (χ2v) is 5.91. The van der Waals surface area contributed by atoms with Crippen LogP contribution < -0.4 is 0 Å². The van der Waals surface area contributed by atoms with Crippen molar-refractivity contribution in [2.24, 2.45) is 0 Å². The van der Waals surface area contributed by atoms with Gasteiger partial charge < -0.3 is 4.90 Å². The molecule has 1 radical (unpaired) electrons. The van der Waals surface area contributed by atoms with Crippen molar-refractivity contribution < 1.29 is 14.7 Å². The lowest BCUT2D eigenvalue weighted by atomic mass is 9.96. The summed E-state index contributed by atoms with van der Waals surface area (Å²) in [5.74, 6) is -0.152. The van der Waals surface area contributed by atoms with Gasteiger partial charge in [-0.05, 0) is 31.4 Å². The number of hydrogen-bond donors (Lipinski definition) is 0. The van der Waals surface area contributed by atoms with Gasteiger partial charge in [0.05, 0.1) is 17.7 Å². The van der Waals surface area contributed by atoms with Crippen molar-refractivity contribution in [2.45, 2.75) is 51.2 Å². The minimum absolute atomic E-state index is 0.00349. The van der Waals surface area contributed by atoms with Gasteiger partial charge in [0.15, 0.2) is 5.78 Å². The number of carbonyl (C=O) groups excluding carboxylic acids is 2. The number of piperidine rings is 1. The van der Waals surface area contributed by atoms with Crippen LogP contribution in [0.1, 0.15) is 54.9 Å². The van der Waals surface area contributed by atoms with Crippen LogP contribution in [0.5, 0.6) is 0 Å². The Morgan fingerprint density at radius 1 is 1.26 bits per heavy atom. The molecule has 0 saturated carbocycles. The van der Waals surface area contributed by atoms with Crippen molar-refractivity contribution in [1.29, 1.82) is 5.26 Å². The van der Waals surface area contributed by atoms with Crippen LogP contribution in [-0.2, 0) is 9.90 Å². The third-order valence-corrected chi connectivity index (χ3v) is 4.36. The predicted octanol–water partition coefficient (Wildman–Crippen LogP) is 2.72. The van der Waals surface area contributed by atoms with E-state index < -0.39 is 6.10 Å². The number of amides is 1. The average molecular weight is 313 g/mol. The zero-order valence-corrected chi connectivity index (χ0v) is 13.3. The first-order valence-electron chi connectivity index (χ1n) is 8.03. The first-order valence-corrected chi connectivity index (χ1v) is 8.03. The quantitative estimate of drug-likeness (QED) is 0.784. The third kappa shape index (κ3) is 4.40. The van der Waals surface area contributed by atoms with Crippen LogP contribution in [0.2, 0.25) is 0 Å². The van der Waals surface area contributed by atoms with Gasteiger partial charge in [-0.1, -0.05) is 19.1 Å². The maximum Gasteiger partial charge on any atom is 0.223 e. The van der Waals surface area contributed by atoms with Crippen LogP contribution in [-0.4, -0.2) is 35.3 Å². The Morgan fingerprint density at radius 2 is 1.96 bits per heavy atom.